The molecule has 0 aromatic heterocycles. The lowest BCUT2D eigenvalue weighted by Gasteiger charge is -2.06. The van der Waals surface area contributed by atoms with Gasteiger partial charge >= 0.3 is 5.97 Å². The highest BCUT2D eigenvalue weighted by atomic mass is 79.9. The largest absolute Gasteiger partial charge is 0.461 e. The molecule has 0 fully saturated rings. The third-order valence-electron chi connectivity index (χ3n) is 2.65. The number of nitrogen functional groups attached to an aromatic ring is 1. The number of anilines is 1. The second-order valence-corrected chi connectivity index (χ2v) is 5.27. The first-order chi connectivity index (χ1) is 9.52. The van der Waals surface area contributed by atoms with E-state index in [2.05, 4.69) is 15.9 Å². The van der Waals surface area contributed by atoms with Crippen molar-refractivity contribution in [3.8, 4) is 0 Å². The molecule has 0 radical (unpaired) electrons. The quantitative estimate of drug-likeness (QED) is 0.686. The Hall–Kier alpha value is -1.88. The van der Waals surface area contributed by atoms with Crippen molar-refractivity contribution in [2.24, 2.45) is 0 Å². The van der Waals surface area contributed by atoms with Crippen molar-refractivity contribution in [2.45, 2.75) is 13.0 Å². The first-order valence-corrected chi connectivity index (χ1v) is 6.77. The maximum absolute atomic E-state index is 13.2. The number of hydrogen-bond donors (Lipinski definition) is 1. The van der Waals surface area contributed by atoms with Gasteiger partial charge in [0.05, 0.1) is 6.42 Å². The van der Waals surface area contributed by atoms with Gasteiger partial charge in [-0.05, 0) is 41.5 Å². The van der Waals surface area contributed by atoms with Gasteiger partial charge in [0.2, 0.25) is 0 Å². The van der Waals surface area contributed by atoms with Crippen LogP contribution in [0.3, 0.4) is 0 Å². The molecule has 0 saturated heterocycles. The number of nitrogens with two attached hydrogens (primary N) is 1. The Morgan fingerprint density at radius 2 is 1.85 bits per heavy atom. The van der Waals surface area contributed by atoms with Crippen LogP contribution in [0.4, 0.5) is 10.1 Å². The number of esters is 1. The Morgan fingerprint density at radius 1 is 1.15 bits per heavy atom. The van der Waals surface area contributed by atoms with Gasteiger partial charge in [0.1, 0.15) is 12.4 Å². The van der Waals surface area contributed by atoms with Crippen molar-refractivity contribution in [2.75, 3.05) is 5.73 Å². The SMILES string of the molecule is Nc1ccc(CC(=O)OCc2cc(F)cc(Br)c2)cc1. The van der Waals surface area contributed by atoms with Gasteiger partial charge in [-0.15, -0.1) is 0 Å². The average molecular weight is 338 g/mol. The zero-order valence-corrected chi connectivity index (χ0v) is 12.2. The van der Waals surface area contributed by atoms with Crippen LogP contribution in [0.15, 0.2) is 46.9 Å². The predicted molar refractivity (Wildman–Crippen MR) is 78.5 cm³/mol. The summed E-state index contributed by atoms with van der Waals surface area (Å²) in [5.74, 6) is -0.737. The molecule has 0 aliphatic carbocycles. The second-order valence-electron chi connectivity index (χ2n) is 4.36. The van der Waals surface area contributed by atoms with Crippen molar-refractivity contribution in [3.05, 3.63) is 63.9 Å². The van der Waals surface area contributed by atoms with Crippen molar-refractivity contribution >= 4 is 27.6 Å². The number of benzene rings is 2. The van der Waals surface area contributed by atoms with Crippen LogP contribution in [0.2, 0.25) is 0 Å². The highest BCUT2D eigenvalue weighted by molar-refractivity contribution is 9.10. The van der Waals surface area contributed by atoms with E-state index >= 15 is 0 Å². The Labute approximate surface area is 124 Å². The summed E-state index contributed by atoms with van der Waals surface area (Å²) in [5.41, 5.74) is 7.63. The van der Waals surface area contributed by atoms with Crippen molar-refractivity contribution in [3.63, 3.8) is 0 Å². The molecule has 0 amide bonds. The van der Waals surface area contributed by atoms with Gasteiger partial charge in [-0.1, -0.05) is 28.1 Å². The number of carbonyl (C=O) groups is 1. The topological polar surface area (TPSA) is 52.3 Å². The summed E-state index contributed by atoms with van der Waals surface area (Å²) in [6.45, 7) is 0.0458. The lowest BCUT2D eigenvalue weighted by atomic mass is 10.1. The Bertz CT molecular complexity index is 594. The second kappa shape index (κ2) is 6.52. The highest BCUT2D eigenvalue weighted by Crippen LogP contribution is 2.16. The highest BCUT2D eigenvalue weighted by Gasteiger charge is 2.06. The van der Waals surface area contributed by atoms with E-state index in [4.69, 9.17) is 10.5 Å². The number of carbonyl (C=O) groups excluding carboxylic acids is 1. The molecule has 2 rings (SSSR count). The van der Waals surface area contributed by atoms with E-state index in [1.165, 1.54) is 12.1 Å². The van der Waals surface area contributed by atoms with E-state index in [0.29, 0.717) is 15.7 Å². The maximum Gasteiger partial charge on any atom is 0.310 e. The smallest absolute Gasteiger partial charge is 0.310 e. The fourth-order valence-corrected chi connectivity index (χ4v) is 2.22. The minimum absolute atomic E-state index is 0.0458. The van der Waals surface area contributed by atoms with Crippen LogP contribution in [0.5, 0.6) is 0 Å². The van der Waals surface area contributed by atoms with E-state index in [1.54, 1.807) is 30.3 Å². The van der Waals surface area contributed by atoms with E-state index in [9.17, 15) is 9.18 Å². The van der Waals surface area contributed by atoms with Crippen molar-refractivity contribution < 1.29 is 13.9 Å². The molecule has 0 atom stereocenters. The maximum atomic E-state index is 13.2. The van der Waals surface area contributed by atoms with Gasteiger partial charge in [-0.3, -0.25) is 4.79 Å². The molecule has 0 spiro atoms. The van der Waals surface area contributed by atoms with Crippen molar-refractivity contribution in [1.29, 1.82) is 0 Å². The summed E-state index contributed by atoms with van der Waals surface area (Å²) >= 11 is 3.19. The van der Waals surface area contributed by atoms with Crippen LogP contribution in [0.1, 0.15) is 11.1 Å². The number of halogens is 2. The molecule has 0 unspecified atom stereocenters. The van der Waals surface area contributed by atoms with Gasteiger partial charge in [0.15, 0.2) is 0 Å². The van der Waals surface area contributed by atoms with Gasteiger partial charge in [0.25, 0.3) is 0 Å². The molecule has 0 saturated carbocycles. The van der Waals surface area contributed by atoms with E-state index in [0.717, 1.165) is 5.56 Å². The number of ether oxygens (including phenoxy) is 1. The molecule has 0 aliphatic rings. The average Bonchev–Trinajstić information content (AvgIpc) is 2.38. The minimum atomic E-state index is -0.371. The zero-order chi connectivity index (χ0) is 14.5. The Balaban J connectivity index is 1.90. The fraction of sp³-hybridized carbons (Fsp3) is 0.133. The van der Waals surface area contributed by atoms with E-state index in [-0.39, 0.29) is 24.8 Å². The summed E-state index contributed by atoms with van der Waals surface area (Å²) in [6.07, 6.45) is 0.163. The lowest BCUT2D eigenvalue weighted by molar-refractivity contribution is -0.144. The molecule has 0 bridgehead atoms. The minimum Gasteiger partial charge on any atom is -0.461 e. The van der Waals surface area contributed by atoms with Crippen LogP contribution >= 0.6 is 15.9 Å². The molecule has 2 N–H and O–H groups in total. The van der Waals surface area contributed by atoms with Gasteiger partial charge in [0, 0.05) is 10.2 Å². The fourth-order valence-electron chi connectivity index (χ4n) is 1.71. The van der Waals surface area contributed by atoms with Crippen LogP contribution in [0.25, 0.3) is 0 Å². The molecular formula is C15H13BrFNO2. The van der Waals surface area contributed by atoms with Gasteiger partial charge in [-0.25, -0.2) is 4.39 Å². The molecule has 3 nitrogen and oxygen atoms in total. The van der Waals surface area contributed by atoms with Crippen LogP contribution < -0.4 is 5.73 Å². The third kappa shape index (κ3) is 4.35. The summed E-state index contributed by atoms with van der Waals surface area (Å²) in [4.78, 5) is 11.7. The van der Waals surface area contributed by atoms with Crippen LogP contribution in [0, 0.1) is 5.82 Å². The lowest BCUT2D eigenvalue weighted by Crippen LogP contribution is -2.08. The van der Waals surface area contributed by atoms with E-state index < -0.39 is 0 Å². The molecular weight excluding hydrogens is 325 g/mol. The Kier molecular flexibility index (Phi) is 4.74. The monoisotopic (exact) mass is 337 g/mol. The zero-order valence-electron chi connectivity index (χ0n) is 10.6. The van der Waals surface area contributed by atoms with Gasteiger partial charge in [-0.2, -0.15) is 0 Å². The molecule has 0 aliphatic heterocycles. The molecule has 2 aromatic rings. The first kappa shape index (κ1) is 14.5. The van der Waals surface area contributed by atoms with Gasteiger partial charge < -0.3 is 10.5 Å². The predicted octanol–water partition coefficient (Wildman–Crippen LogP) is 3.46. The third-order valence-corrected chi connectivity index (χ3v) is 3.11. The normalized spacial score (nSPS) is 10.3. The number of hydrogen-bond acceptors (Lipinski definition) is 3. The molecule has 20 heavy (non-hydrogen) atoms. The summed E-state index contributed by atoms with van der Waals surface area (Å²) in [5, 5.41) is 0. The molecule has 2 aromatic carbocycles. The molecule has 5 heteroatoms. The standard InChI is InChI=1S/C15H13BrFNO2/c16-12-5-11(6-13(17)8-12)9-20-15(19)7-10-1-3-14(18)4-2-10/h1-6,8H,7,9,18H2. The van der Waals surface area contributed by atoms with Crippen LogP contribution in [-0.4, -0.2) is 5.97 Å². The van der Waals surface area contributed by atoms with E-state index in [1.807, 2.05) is 0 Å². The molecule has 104 valence electrons. The molecule has 0 heterocycles. The number of rotatable bonds is 4. The first-order valence-electron chi connectivity index (χ1n) is 5.98. The van der Waals surface area contributed by atoms with Crippen molar-refractivity contribution in [1.82, 2.24) is 0 Å². The summed E-state index contributed by atoms with van der Waals surface area (Å²) < 4.78 is 18.9. The van der Waals surface area contributed by atoms with Crippen LogP contribution in [-0.2, 0) is 22.6 Å². The summed E-state index contributed by atoms with van der Waals surface area (Å²) in [6, 6.07) is 11.4. The summed E-state index contributed by atoms with van der Waals surface area (Å²) in [7, 11) is 0. The Morgan fingerprint density at radius 3 is 2.50 bits per heavy atom.